The maximum Gasteiger partial charge on any atom is 0.129 e. The SMILES string of the molecule is CCC1(CC)CC(NCc2ccc(Cl)cc2F)CCO1. The van der Waals surface area contributed by atoms with Crippen molar-refractivity contribution < 1.29 is 9.13 Å². The number of rotatable bonds is 5. The number of halogens is 2. The van der Waals surface area contributed by atoms with Crippen LogP contribution in [0.5, 0.6) is 0 Å². The van der Waals surface area contributed by atoms with Crippen LogP contribution in [0.25, 0.3) is 0 Å². The summed E-state index contributed by atoms with van der Waals surface area (Å²) >= 11 is 5.76. The lowest BCUT2D eigenvalue weighted by Crippen LogP contribution is -2.46. The molecule has 0 aliphatic carbocycles. The van der Waals surface area contributed by atoms with Crippen LogP contribution in [0.15, 0.2) is 18.2 Å². The van der Waals surface area contributed by atoms with Gasteiger partial charge in [-0.15, -0.1) is 0 Å². The minimum Gasteiger partial charge on any atom is -0.375 e. The predicted molar refractivity (Wildman–Crippen MR) is 80.5 cm³/mol. The lowest BCUT2D eigenvalue weighted by molar-refractivity contribution is -0.0932. The molecule has 0 aromatic heterocycles. The van der Waals surface area contributed by atoms with Gasteiger partial charge in [-0.2, -0.15) is 0 Å². The normalized spacial score (nSPS) is 21.9. The van der Waals surface area contributed by atoms with Crippen LogP contribution in [-0.4, -0.2) is 18.2 Å². The van der Waals surface area contributed by atoms with Gasteiger partial charge in [0.1, 0.15) is 5.82 Å². The van der Waals surface area contributed by atoms with E-state index in [0.717, 1.165) is 32.3 Å². The average Bonchev–Trinajstić information content (AvgIpc) is 2.46. The van der Waals surface area contributed by atoms with Crippen LogP contribution in [0, 0.1) is 5.82 Å². The monoisotopic (exact) mass is 299 g/mol. The Morgan fingerprint density at radius 1 is 1.40 bits per heavy atom. The van der Waals surface area contributed by atoms with Crippen molar-refractivity contribution in [3.63, 3.8) is 0 Å². The molecule has 112 valence electrons. The van der Waals surface area contributed by atoms with Gasteiger partial charge >= 0.3 is 0 Å². The number of nitrogens with one attached hydrogen (secondary N) is 1. The van der Waals surface area contributed by atoms with Crippen LogP contribution in [0.2, 0.25) is 5.02 Å². The third kappa shape index (κ3) is 3.72. The van der Waals surface area contributed by atoms with E-state index in [4.69, 9.17) is 16.3 Å². The van der Waals surface area contributed by atoms with Crippen molar-refractivity contribution in [2.75, 3.05) is 6.61 Å². The second-order valence-electron chi connectivity index (χ2n) is 5.54. The molecule has 2 nitrogen and oxygen atoms in total. The highest BCUT2D eigenvalue weighted by Gasteiger charge is 2.34. The van der Waals surface area contributed by atoms with Crippen LogP contribution in [-0.2, 0) is 11.3 Å². The van der Waals surface area contributed by atoms with Crippen LogP contribution in [0.3, 0.4) is 0 Å². The fourth-order valence-corrected chi connectivity index (χ4v) is 3.02. The summed E-state index contributed by atoms with van der Waals surface area (Å²) in [5.74, 6) is -0.241. The standard InChI is InChI=1S/C16H23ClFNO/c1-3-16(4-2)10-14(7-8-20-16)19-11-12-5-6-13(17)9-15(12)18/h5-6,9,14,19H,3-4,7-8,10-11H2,1-2H3. The molecule has 1 heterocycles. The van der Waals surface area contributed by atoms with Gasteiger partial charge in [-0.1, -0.05) is 31.5 Å². The van der Waals surface area contributed by atoms with E-state index in [-0.39, 0.29) is 11.4 Å². The summed E-state index contributed by atoms with van der Waals surface area (Å²) in [6.07, 6.45) is 4.03. The molecule has 1 aliphatic rings. The third-order valence-electron chi connectivity index (χ3n) is 4.38. The van der Waals surface area contributed by atoms with E-state index in [2.05, 4.69) is 19.2 Å². The molecule has 1 atom stereocenters. The van der Waals surface area contributed by atoms with E-state index in [1.165, 1.54) is 6.07 Å². The van der Waals surface area contributed by atoms with E-state index >= 15 is 0 Å². The molecule has 1 fully saturated rings. The first-order valence-corrected chi connectivity index (χ1v) is 7.77. The zero-order valence-corrected chi connectivity index (χ0v) is 13.0. The molecule has 1 aromatic carbocycles. The second kappa shape index (κ2) is 6.88. The summed E-state index contributed by atoms with van der Waals surface area (Å²) in [5.41, 5.74) is 0.661. The first-order chi connectivity index (χ1) is 9.58. The van der Waals surface area contributed by atoms with Crippen molar-refractivity contribution in [1.29, 1.82) is 0 Å². The summed E-state index contributed by atoms with van der Waals surface area (Å²) in [6, 6.07) is 5.23. The van der Waals surface area contributed by atoms with Crippen molar-refractivity contribution in [3.8, 4) is 0 Å². The molecule has 2 rings (SSSR count). The van der Waals surface area contributed by atoms with E-state index in [0.29, 0.717) is 23.2 Å². The molecule has 1 N–H and O–H groups in total. The van der Waals surface area contributed by atoms with E-state index in [9.17, 15) is 4.39 Å². The number of benzene rings is 1. The molecule has 0 bridgehead atoms. The molecule has 0 amide bonds. The first-order valence-electron chi connectivity index (χ1n) is 7.40. The summed E-state index contributed by atoms with van der Waals surface area (Å²) in [5, 5.41) is 3.90. The number of hydrogen-bond acceptors (Lipinski definition) is 2. The predicted octanol–water partition coefficient (Wildman–Crippen LogP) is 4.31. The molecule has 0 saturated carbocycles. The Morgan fingerprint density at radius 2 is 2.15 bits per heavy atom. The Balaban J connectivity index is 1.93. The van der Waals surface area contributed by atoms with Crippen molar-refractivity contribution in [2.45, 2.75) is 57.7 Å². The molecular formula is C16H23ClFNO. The van der Waals surface area contributed by atoms with Gasteiger partial charge in [0, 0.05) is 29.8 Å². The van der Waals surface area contributed by atoms with Crippen molar-refractivity contribution in [3.05, 3.63) is 34.6 Å². The molecular weight excluding hydrogens is 277 g/mol. The van der Waals surface area contributed by atoms with Gasteiger partial charge in [-0.25, -0.2) is 4.39 Å². The van der Waals surface area contributed by atoms with Gasteiger partial charge in [0.05, 0.1) is 5.60 Å². The summed E-state index contributed by atoms with van der Waals surface area (Å²) in [6.45, 7) is 5.66. The molecule has 0 spiro atoms. The van der Waals surface area contributed by atoms with Gasteiger partial charge in [0.25, 0.3) is 0 Å². The Hall–Kier alpha value is -0.640. The van der Waals surface area contributed by atoms with Gasteiger partial charge in [0.2, 0.25) is 0 Å². The molecule has 1 aromatic rings. The Labute approximate surface area is 125 Å². The topological polar surface area (TPSA) is 21.3 Å². The average molecular weight is 300 g/mol. The number of hydrogen-bond donors (Lipinski definition) is 1. The summed E-state index contributed by atoms with van der Waals surface area (Å²) < 4.78 is 19.7. The largest absolute Gasteiger partial charge is 0.375 e. The maximum absolute atomic E-state index is 13.7. The van der Waals surface area contributed by atoms with Crippen LogP contribution in [0.4, 0.5) is 4.39 Å². The van der Waals surface area contributed by atoms with Crippen LogP contribution >= 0.6 is 11.6 Å². The smallest absolute Gasteiger partial charge is 0.129 e. The summed E-state index contributed by atoms with van der Waals surface area (Å²) in [4.78, 5) is 0. The molecule has 1 saturated heterocycles. The highest BCUT2D eigenvalue weighted by Crippen LogP contribution is 2.31. The molecule has 1 unspecified atom stereocenters. The van der Waals surface area contributed by atoms with Crippen molar-refractivity contribution in [1.82, 2.24) is 5.32 Å². The molecule has 1 aliphatic heterocycles. The highest BCUT2D eigenvalue weighted by atomic mass is 35.5. The quantitative estimate of drug-likeness (QED) is 0.875. The van der Waals surface area contributed by atoms with E-state index in [1.54, 1.807) is 12.1 Å². The summed E-state index contributed by atoms with van der Waals surface area (Å²) in [7, 11) is 0. The molecule has 4 heteroatoms. The zero-order valence-electron chi connectivity index (χ0n) is 12.2. The lowest BCUT2D eigenvalue weighted by Gasteiger charge is -2.40. The van der Waals surface area contributed by atoms with Crippen LogP contribution < -0.4 is 5.32 Å². The number of ether oxygens (including phenoxy) is 1. The Kier molecular flexibility index (Phi) is 5.42. The van der Waals surface area contributed by atoms with Crippen LogP contribution in [0.1, 0.15) is 45.1 Å². The lowest BCUT2D eigenvalue weighted by atomic mass is 9.86. The van der Waals surface area contributed by atoms with Crippen molar-refractivity contribution in [2.24, 2.45) is 0 Å². The molecule has 0 radical (unpaired) electrons. The Bertz CT molecular complexity index is 448. The van der Waals surface area contributed by atoms with Crippen molar-refractivity contribution >= 4 is 11.6 Å². The fraction of sp³-hybridized carbons (Fsp3) is 0.625. The first kappa shape index (κ1) is 15.7. The molecule has 20 heavy (non-hydrogen) atoms. The third-order valence-corrected chi connectivity index (χ3v) is 4.61. The van der Waals surface area contributed by atoms with Gasteiger partial charge < -0.3 is 10.1 Å². The Morgan fingerprint density at radius 3 is 2.80 bits per heavy atom. The highest BCUT2D eigenvalue weighted by molar-refractivity contribution is 6.30. The zero-order chi connectivity index (χ0) is 14.6. The van der Waals surface area contributed by atoms with E-state index in [1.807, 2.05) is 0 Å². The maximum atomic E-state index is 13.7. The van der Waals surface area contributed by atoms with Gasteiger partial charge in [0.15, 0.2) is 0 Å². The fourth-order valence-electron chi connectivity index (χ4n) is 2.86. The minimum absolute atomic E-state index is 0.00550. The van der Waals surface area contributed by atoms with Gasteiger partial charge in [-0.05, 0) is 37.8 Å². The van der Waals surface area contributed by atoms with Gasteiger partial charge in [-0.3, -0.25) is 0 Å². The van der Waals surface area contributed by atoms with E-state index < -0.39 is 0 Å². The minimum atomic E-state index is -0.241. The second-order valence-corrected chi connectivity index (χ2v) is 5.98.